The minimum atomic E-state index is 0.510. The molecule has 0 bridgehead atoms. The summed E-state index contributed by atoms with van der Waals surface area (Å²) in [5.74, 6) is 0.880. The van der Waals surface area contributed by atoms with Crippen molar-refractivity contribution >= 4 is 5.82 Å². The Morgan fingerprint density at radius 3 is 2.53 bits per heavy atom. The van der Waals surface area contributed by atoms with Crippen LogP contribution in [0.15, 0.2) is 12.4 Å². The molecule has 0 atom stereocenters. The molecule has 1 saturated heterocycles. The minimum absolute atomic E-state index is 0.510. The van der Waals surface area contributed by atoms with Crippen molar-refractivity contribution in [3.05, 3.63) is 18.1 Å². The van der Waals surface area contributed by atoms with Gasteiger partial charge in [-0.15, -0.1) is 0 Å². The van der Waals surface area contributed by atoms with E-state index in [-0.39, 0.29) is 0 Å². The van der Waals surface area contributed by atoms with Crippen molar-refractivity contribution < 1.29 is 0 Å². The third-order valence-corrected chi connectivity index (χ3v) is 3.86. The fraction of sp³-hybridized carbons (Fsp3) is 0.733. The molecule has 1 N–H and O–H groups in total. The van der Waals surface area contributed by atoms with Gasteiger partial charge in [-0.2, -0.15) is 0 Å². The van der Waals surface area contributed by atoms with Gasteiger partial charge in [0.25, 0.3) is 0 Å². The molecule has 0 unspecified atom stereocenters. The van der Waals surface area contributed by atoms with E-state index in [4.69, 9.17) is 0 Å². The highest BCUT2D eigenvalue weighted by Crippen LogP contribution is 2.30. The molecule has 1 aromatic rings. The summed E-state index contributed by atoms with van der Waals surface area (Å²) < 4.78 is 0. The second-order valence-corrected chi connectivity index (χ2v) is 6.26. The van der Waals surface area contributed by atoms with Gasteiger partial charge in [0, 0.05) is 13.1 Å². The van der Waals surface area contributed by atoms with Crippen molar-refractivity contribution in [1.29, 1.82) is 0 Å². The molecule has 2 rings (SSSR count). The topological polar surface area (TPSA) is 41.1 Å². The Balaban J connectivity index is 1.83. The average molecular weight is 262 g/mol. The van der Waals surface area contributed by atoms with Crippen molar-refractivity contribution in [2.75, 3.05) is 25.0 Å². The molecule has 1 aromatic heterocycles. The van der Waals surface area contributed by atoms with E-state index < -0.39 is 0 Å². The lowest BCUT2D eigenvalue weighted by Crippen LogP contribution is -2.37. The van der Waals surface area contributed by atoms with Crippen molar-refractivity contribution in [1.82, 2.24) is 14.9 Å². The normalized spacial score (nSPS) is 19.3. The third-order valence-electron chi connectivity index (χ3n) is 3.86. The summed E-state index contributed by atoms with van der Waals surface area (Å²) >= 11 is 0. The van der Waals surface area contributed by atoms with Gasteiger partial charge in [0.15, 0.2) is 0 Å². The van der Waals surface area contributed by atoms with Crippen LogP contribution in [-0.2, 0) is 6.54 Å². The molecule has 1 aliphatic rings. The second kappa shape index (κ2) is 6.33. The molecule has 1 fully saturated rings. The predicted molar refractivity (Wildman–Crippen MR) is 79.1 cm³/mol. The number of hydrogen-bond donors (Lipinski definition) is 1. The lowest BCUT2D eigenvalue weighted by Gasteiger charge is -2.36. The zero-order valence-electron chi connectivity index (χ0n) is 12.4. The highest BCUT2D eigenvalue weighted by Gasteiger charge is 2.25. The number of nitrogens with zero attached hydrogens (tertiary/aromatic N) is 3. The van der Waals surface area contributed by atoms with Crippen LogP contribution in [0.4, 0.5) is 5.82 Å². The molecule has 0 radical (unpaired) electrons. The van der Waals surface area contributed by atoms with Crippen LogP contribution in [0.2, 0.25) is 0 Å². The van der Waals surface area contributed by atoms with E-state index in [0.29, 0.717) is 5.41 Å². The van der Waals surface area contributed by atoms with Crippen LogP contribution < -0.4 is 5.32 Å². The summed E-state index contributed by atoms with van der Waals surface area (Å²) in [5.41, 5.74) is 1.58. The van der Waals surface area contributed by atoms with Crippen LogP contribution in [0.25, 0.3) is 0 Å². The Hall–Kier alpha value is -1.16. The molecular weight excluding hydrogens is 236 g/mol. The summed E-state index contributed by atoms with van der Waals surface area (Å²) in [5, 5.41) is 3.25. The standard InChI is InChI=1S/C15H26N4/c1-4-7-16-14-11-17-13(10-18-14)12-19-8-5-15(2,3)6-9-19/h10-11H,4-9,12H2,1-3H3,(H,16,18). The Bertz CT molecular complexity index is 376. The van der Waals surface area contributed by atoms with Gasteiger partial charge in [-0.1, -0.05) is 20.8 Å². The Kier molecular flexibility index (Phi) is 4.75. The lowest BCUT2D eigenvalue weighted by molar-refractivity contribution is 0.126. The number of likely N-dealkylation sites (tertiary alicyclic amines) is 1. The molecule has 0 aliphatic carbocycles. The van der Waals surface area contributed by atoms with E-state index >= 15 is 0 Å². The van der Waals surface area contributed by atoms with E-state index in [1.807, 2.05) is 12.4 Å². The molecular formula is C15H26N4. The van der Waals surface area contributed by atoms with E-state index in [1.165, 1.54) is 25.9 Å². The zero-order valence-corrected chi connectivity index (χ0v) is 12.4. The number of nitrogens with one attached hydrogen (secondary N) is 1. The summed E-state index contributed by atoms with van der Waals surface area (Å²) in [6, 6.07) is 0. The first-order chi connectivity index (χ1) is 9.09. The van der Waals surface area contributed by atoms with Crippen LogP contribution in [0.1, 0.15) is 45.7 Å². The minimum Gasteiger partial charge on any atom is -0.369 e. The van der Waals surface area contributed by atoms with Crippen molar-refractivity contribution in [2.24, 2.45) is 5.41 Å². The molecule has 4 heteroatoms. The lowest BCUT2D eigenvalue weighted by atomic mass is 9.83. The summed E-state index contributed by atoms with van der Waals surface area (Å²) in [7, 11) is 0. The Morgan fingerprint density at radius 1 is 1.21 bits per heavy atom. The van der Waals surface area contributed by atoms with Crippen LogP contribution in [-0.4, -0.2) is 34.5 Å². The third kappa shape index (κ3) is 4.46. The summed E-state index contributed by atoms with van der Waals surface area (Å²) in [4.78, 5) is 11.4. The summed E-state index contributed by atoms with van der Waals surface area (Å²) in [6.45, 7) is 11.1. The van der Waals surface area contributed by atoms with Gasteiger partial charge in [-0.3, -0.25) is 9.88 Å². The quantitative estimate of drug-likeness (QED) is 0.886. The summed E-state index contributed by atoms with van der Waals surface area (Å²) in [6.07, 6.45) is 7.40. The highest BCUT2D eigenvalue weighted by molar-refractivity contribution is 5.30. The van der Waals surface area contributed by atoms with Gasteiger partial charge in [-0.25, -0.2) is 4.98 Å². The van der Waals surface area contributed by atoms with Crippen molar-refractivity contribution in [3.63, 3.8) is 0 Å². The molecule has 1 aliphatic heterocycles. The van der Waals surface area contributed by atoms with Gasteiger partial charge in [0.2, 0.25) is 0 Å². The Labute approximate surface area is 116 Å². The number of anilines is 1. The van der Waals surface area contributed by atoms with Crippen molar-refractivity contribution in [3.8, 4) is 0 Å². The number of rotatable bonds is 5. The molecule has 4 nitrogen and oxygen atoms in total. The average Bonchev–Trinajstić information content (AvgIpc) is 2.40. The smallest absolute Gasteiger partial charge is 0.144 e. The van der Waals surface area contributed by atoms with Gasteiger partial charge in [0.1, 0.15) is 5.82 Å². The SMILES string of the molecule is CCCNc1cnc(CN2CCC(C)(C)CC2)cn1. The molecule has 0 amide bonds. The van der Waals surface area contributed by atoms with Crippen LogP contribution in [0.3, 0.4) is 0 Å². The zero-order chi connectivity index (χ0) is 13.7. The number of piperidine rings is 1. The highest BCUT2D eigenvalue weighted by atomic mass is 15.1. The van der Waals surface area contributed by atoms with Crippen molar-refractivity contribution in [2.45, 2.75) is 46.6 Å². The van der Waals surface area contributed by atoms with Crippen LogP contribution in [0, 0.1) is 5.41 Å². The fourth-order valence-electron chi connectivity index (χ4n) is 2.33. The van der Waals surface area contributed by atoms with E-state index in [0.717, 1.165) is 31.0 Å². The van der Waals surface area contributed by atoms with Crippen LogP contribution >= 0.6 is 0 Å². The monoisotopic (exact) mass is 262 g/mol. The maximum atomic E-state index is 4.50. The van der Waals surface area contributed by atoms with Crippen LogP contribution in [0.5, 0.6) is 0 Å². The molecule has 2 heterocycles. The maximum Gasteiger partial charge on any atom is 0.144 e. The first-order valence-electron chi connectivity index (χ1n) is 7.36. The fourth-order valence-corrected chi connectivity index (χ4v) is 2.33. The van der Waals surface area contributed by atoms with Gasteiger partial charge < -0.3 is 5.32 Å². The molecule has 0 spiro atoms. The van der Waals surface area contributed by atoms with Gasteiger partial charge >= 0.3 is 0 Å². The maximum absolute atomic E-state index is 4.50. The number of aromatic nitrogens is 2. The Morgan fingerprint density at radius 2 is 1.95 bits per heavy atom. The first kappa shape index (κ1) is 14.3. The number of hydrogen-bond acceptors (Lipinski definition) is 4. The first-order valence-corrected chi connectivity index (χ1v) is 7.36. The molecule has 0 aromatic carbocycles. The molecule has 106 valence electrons. The van der Waals surface area contributed by atoms with Gasteiger partial charge in [0.05, 0.1) is 18.1 Å². The van der Waals surface area contributed by atoms with Gasteiger partial charge in [-0.05, 0) is 37.8 Å². The van der Waals surface area contributed by atoms with E-state index in [9.17, 15) is 0 Å². The van der Waals surface area contributed by atoms with E-state index in [1.54, 1.807) is 0 Å². The largest absolute Gasteiger partial charge is 0.369 e. The predicted octanol–water partition coefficient (Wildman–Crippen LogP) is 2.92. The second-order valence-electron chi connectivity index (χ2n) is 6.26. The molecule has 19 heavy (non-hydrogen) atoms. The molecule has 0 saturated carbocycles. The van der Waals surface area contributed by atoms with E-state index in [2.05, 4.69) is 41.0 Å².